The second-order valence-electron chi connectivity index (χ2n) is 6.08. The first-order valence-corrected chi connectivity index (χ1v) is 9.46. The van der Waals surface area contributed by atoms with E-state index in [-0.39, 0.29) is 30.4 Å². The predicted molar refractivity (Wildman–Crippen MR) is 104 cm³/mol. The molecule has 0 aliphatic heterocycles. The van der Waals surface area contributed by atoms with Gasteiger partial charge in [-0.15, -0.1) is 11.3 Å². The number of aryl methyl sites for hydroxylation is 2. The summed E-state index contributed by atoms with van der Waals surface area (Å²) < 4.78 is 0. The number of amides is 2. The Morgan fingerprint density at radius 1 is 1.00 bits per heavy atom. The van der Waals surface area contributed by atoms with Crippen LogP contribution in [-0.2, 0) is 11.3 Å². The molecule has 0 saturated carbocycles. The van der Waals surface area contributed by atoms with Crippen LogP contribution in [0.2, 0.25) is 0 Å². The van der Waals surface area contributed by atoms with E-state index in [0.717, 1.165) is 20.9 Å². The number of carbonyl (C=O) groups is 3. The lowest BCUT2D eigenvalue weighted by Crippen LogP contribution is -2.24. The topological polar surface area (TPSA) is 75.3 Å². The highest BCUT2D eigenvalue weighted by molar-refractivity contribution is 7.12. The third-order valence-electron chi connectivity index (χ3n) is 3.96. The monoisotopic (exact) mass is 372 g/mol. The van der Waals surface area contributed by atoms with Crippen molar-refractivity contribution < 1.29 is 14.4 Å². The normalized spacial score (nSPS) is 10.4. The van der Waals surface area contributed by atoms with Crippen molar-refractivity contribution in [2.24, 2.45) is 0 Å². The summed E-state index contributed by atoms with van der Waals surface area (Å²) in [6.07, 6.45) is 0.378. The highest BCUT2D eigenvalue weighted by atomic mass is 32.1. The number of nitrogens with one attached hydrogen (secondary N) is 2. The van der Waals surface area contributed by atoms with Crippen LogP contribution >= 0.6 is 11.3 Å². The van der Waals surface area contributed by atoms with Crippen molar-refractivity contribution in [1.29, 1.82) is 0 Å². The van der Waals surface area contributed by atoms with E-state index in [0.29, 0.717) is 18.7 Å². The first kappa shape index (κ1) is 19.8. The molecule has 2 amide bonds. The van der Waals surface area contributed by atoms with Crippen LogP contribution in [0.5, 0.6) is 0 Å². The second kappa shape index (κ2) is 9.29. The van der Waals surface area contributed by atoms with Crippen LogP contribution in [0, 0.1) is 13.8 Å². The standard InChI is InChI=1S/C20H24N2O3S/c1-4-21-20(25)16-7-5-15(6-8-16)12-22-19(24)10-9-18(23)17-11-13(2)26-14(17)3/h5-8,11H,4,9-10,12H2,1-3H3,(H,21,25)(H,22,24). The number of ketones is 1. The highest BCUT2D eigenvalue weighted by Gasteiger charge is 2.13. The summed E-state index contributed by atoms with van der Waals surface area (Å²) in [6, 6.07) is 8.98. The van der Waals surface area contributed by atoms with Crippen molar-refractivity contribution in [3.63, 3.8) is 0 Å². The lowest BCUT2D eigenvalue weighted by Gasteiger charge is -2.07. The highest BCUT2D eigenvalue weighted by Crippen LogP contribution is 2.22. The maximum Gasteiger partial charge on any atom is 0.251 e. The number of thiophene rings is 1. The summed E-state index contributed by atoms with van der Waals surface area (Å²) in [5.41, 5.74) is 2.22. The molecule has 6 heteroatoms. The Kier molecular flexibility index (Phi) is 7.09. The molecule has 0 fully saturated rings. The van der Waals surface area contributed by atoms with Crippen molar-refractivity contribution in [1.82, 2.24) is 10.6 Å². The average molecular weight is 372 g/mol. The molecule has 1 aromatic carbocycles. The Labute approximate surface area is 157 Å². The molecule has 0 spiro atoms. The van der Waals surface area contributed by atoms with Gasteiger partial charge in [-0.2, -0.15) is 0 Å². The Morgan fingerprint density at radius 3 is 2.27 bits per heavy atom. The van der Waals surface area contributed by atoms with Gasteiger partial charge in [0.25, 0.3) is 5.91 Å². The minimum Gasteiger partial charge on any atom is -0.352 e. The van der Waals surface area contributed by atoms with Gasteiger partial charge in [0.1, 0.15) is 0 Å². The van der Waals surface area contributed by atoms with Gasteiger partial charge in [-0.3, -0.25) is 14.4 Å². The van der Waals surface area contributed by atoms with E-state index in [1.807, 2.05) is 39.0 Å². The van der Waals surface area contributed by atoms with E-state index in [1.165, 1.54) is 0 Å². The number of carbonyl (C=O) groups excluding carboxylic acids is 3. The quantitative estimate of drug-likeness (QED) is 0.698. The zero-order valence-electron chi connectivity index (χ0n) is 15.3. The molecule has 2 rings (SSSR count). The van der Waals surface area contributed by atoms with Gasteiger partial charge < -0.3 is 10.6 Å². The smallest absolute Gasteiger partial charge is 0.251 e. The SMILES string of the molecule is CCNC(=O)c1ccc(CNC(=O)CCC(=O)c2cc(C)sc2C)cc1. The minimum absolute atomic E-state index is 0.00768. The van der Waals surface area contributed by atoms with Gasteiger partial charge in [0.15, 0.2) is 5.78 Å². The zero-order chi connectivity index (χ0) is 19.1. The fourth-order valence-corrected chi connectivity index (χ4v) is 3.54. The first-order chi connectivity index (χ1) is 12.4. The molecule has 1 aromatic heterocycles. The first-order valence-electron chi connectivity index (χ1n) is 8.64. The molecule has 1 heterocycles. The molecule has 0 radical (unpaired) electrons. The molecule has 0 saturated heterocycles. The Morgan fingerprint density at radius 2 is 1.69 bits per heavy atom. The van der Waals surface area contributed by atoms with E-state index in [1.54, 1.807) is 23.5 Å². The van der Waals surface area contributed by atoms with Crippen LogP contribution < -0.4 is 10.6 Å². The lowest BCUT2D eigenvalue weighted by atomic mass is 10.1. The molecule has 5 nitrogen and oxygen atoms in total. The average Bonchev–Trinajstić information content (AvgIpc) is 2.97. The fraction of sp³-hybridized carbons (Fsp3) is 0.350. The van der Waals surface area contributed by atoms with Crippen LogP contribution in [-0.4, -0.2) is 24.1 Å². The van der Waals surface area contributed by atoms with Gasteiger partial charge in [-0.05, 0) is 44.5 Å². The van der Waals surface area contributed by atoms with Gasteiger partial charge in [0, 0.05) is 46.8 Å². The van der Waals surface area contributed by atoms with E-state index >= 15 is 0 Å². The van der Waals surface area contributed by atoms with Crippen molar-refractivity contribution in [2.75, 3.05) is 6.54 Å². The molecule has 138 valence electrons. The molecule has 0 unspecified atom stereocenters. The molecule has 2 aromatic rings. The van der Waals surface area contributed by atoms with Crippen molar-refractivity contribution >= 4 is 28.9 Å². The maximum absolute atomic E-state index is 12.2. The maximum atomic E-state index is 12.2. The van der Waals surface area contributed by atoms with Gasteiger partial charge >= 0.3 is 0 Å². The molecule has 0 aliphatic rings. The molecule has 0 aliphatic carbocycles. The summed E-state index contributed by atoms with van der Waals surface area (Å²) in [7, 11) is 0. The largest absolute Gasteiger partial charge is 0.352 e. The molecule has 0 atom stereocenters. The van der Waals surface area contributed by atoms with E-state index in [9.17, 15) is 14.4 Å². The van der Waals surface area contributed by atoms with Crippen LogP contribution in [0.4, 0.5) is 0 Å². The summed E-state index contributed by atoms with van der Waals surface area (Å²) in [6.45, 7) is 6.72. The van der Waals surface area contributed by atoms with Crippen LogP contribution in [0.3, 0.4) is 0 Å². The molecular weight excluding hydrogens is 348 g/mol. The fourth-order valence-electron chi connectivity index (χ4n) is 2.60. The number of Topliss-reactive ketones (excluding diaryl/α,β-unsaturated/α-hetero) is 1. The van der Waals surface area contributed by atoms with Crippen molar-refractivity contribution in [3.8, 4) is 0 Å². The van der Waals surface area contributed by atoms with Crippen LogP contribution in [0.15, 0.2) is 30.3 Å². The van der Waals surface area contributed by atoms with E-state index in [2.05, 4.69) is 10.6 Å². The third-order valence-corrected chi connectivity index (χ3v) is 4.93. The molecule has 26 heavy (non-hydrogen) atoms. The van der Waals surface area contributed by atoms with Gasteiger partial charge in [-0.1, -0.05) is 12.1 Å². The van der Waals surface area contributed by atoms with Gasteiger partial charge in [-0.25, -0.2) is 0 Å². The number of rotatable bonds is 8. The second-order valence-corrected chi connectivity index (χ2v) is 7.54. The molecule has 0 bridgehead atoms. The summed E-state index contributed by atoms with van der Waals surface area (Å²) in [4.78, 5) is 38.0. The number of hydrogen-bond donors (Lipinski definition) is 2. The van der Waals surface area contributed by atoms with Crippen molar-refractivity contribution in [3.05, 3.63) is 56.8 Å². The Bertz CT molecular complexity index is 794. The zero-order valence-corrected chi connectivity index (χ0v) is 16.2. The summed E-state index contributed by atoms with van der Waals surface area (Å²) in [5, 5.41) is 5.55. The molecule has 2 N–H and O–H groups in total. The summed E-state index contributed by atoms with van der Waals surface area (Å²) >= 11 is 1.60. The van der Waals surface area contributed by atoms with Crippen molar-refractivity contribution in [2.45, 2.75) is 40.2 Å². The van der Waals surface area contributed by atoms with Crippen LogP contribution in [0.1, 0.15) is 55.8 Å². The number of benzene rings is 1. The third kappa shape index (κ3) is 5.52. The summed E-state index contributed by atoms with van der Waals surface area (Å²) in [5.74, 6) is -0.260. The Balaban J connectivity index is 1.79. The van der Waals surface area contributed by atoms with Gasteiger partial charge in [0.05, 0.1) is 0 Å². The number of hydrogen-bond acceptors (Lipinski definition) is 4. The van der Waals surface area contributed by atoms with Crippen LogP contribution in [0.25, 0.3) is 0 Å². The molecular formula is C20H24N2O3S. The lowest BCUT2D eigenvalue weighted by molar-refractivity contribution is -0.121. The predicted octanol–water partition coefficient (Wildman–Crippen LogP) is 3.39. The van der Waals surface area contributed by atoms with E-state index < -0.39 is 0 Å². The van der Waals surface area contributed by atoms with Gasteiger partial charge in [0.2, 0.25) is 5.91 Å². The Hall–Kier alpha value is -2.47. The van der Waals surface area contributed by atoms with E-state index in [4.69, 9.17) is 0 Å². The minimum atomic E-state index is -0.157.